The number of halogens is 1. The van der Waals surface area contributed by atoms with Crippen LogP contribution in [-0.4, -0.2) is 34.2 Å². The standard InChI is InChI=1S/C17H26ClN5S/c1-12-6-5-9-23(11-12)15-10-14(18)20-16(21-15)22-17(24)19-13-7-3-2-4-8-13/h10,12-13H,2-9,11H2,1H3,(H2,19,20,21,22,24). The summed E-state index contributed by atoms with van der Waals surface area (Å²) in [7, 11) is 0. The highest BCUT2D eigenvalue weighted by Crippen LogP contribution is 2.24. The Morgan fingerprint density at radius 3 is 2.75 bits per heavy atom. The smallest absolute Gasteiger partial charge is 0.232 e. The summed E-state index contributed by atoms with van der Waals surface area (Å²) >= 11 is 11.6. The van der Waals surface area contributed by atoms with E-state index < -0.39 is 0 Å². The molecule has 2 heterocycles. The number of nitrogens with one attached hydrogen (secondary N) is 2. The second kappa shape index (κ2) is 8.30. The maximum atomic E-state index is 6.20. The maximum Gasteiger partial charge on any atom is 0.232 e. The number of thiocarbonyl (C=S) groups is 1. The number of rotatable bonds is 3. The minimum atomic E-state index is 0.446. The van der Waals surface area contributed by atoms with Crippen molar-refractivity contribution in [2.75, 3.05) is 23.3 Å². The molecule has 1 atom stereocenters. The van der Waals surface area contributed by atoms with Crippen LogP contribution in [-0.2, 0) is 0 Å². The van der Waals surface area contributed by atoms with Gasteiger partial charge in [-0.2, -0.15) is 4.98 Å². The van der Waals surface area contributed by atoms with Gasteiger partial charge in [-0.15, -0.1) is 0 Å². The van der Waals surface area contributed by atoms with Crippen LogP contribution in [0.5, 0.6) is 0 Å². The van der Waals surface area contributed by atoms with Crippen molar-refractivity contribution in [1.82, 2.24) is 15.3 Å². The highest BCUT2D eigenvalue weighted by Gasteiger charge is 2.19. The fourth-order valence-corrected chi connectivity index (χ4v) is 4.03. The van der Waals surface area contributed by atoms with Crippen molar-refractivity contribution in [2.45, 2.75) is 57.9 Å². The number of hydrogen-bond acceptors (Lipinski definition) is 4. The summed E-state index contributed by atoms with van der Waals surface area (Å²) in [6, 6.07) is 2.29. The lowest BCUT2D eigenvalue weighted by Gasteiger charge is -2.32. The van der Waals surface area contributed by atoms with Crippen LogP contribution in [0.3, 0.4) is 0 Å². The molecule has 1 aliphatic carbocycles. The molecule has 132 valence electrons. The first-order chi connectivity index (χ1) is 11.6. The lowest BCUT2D eigenvalue weighted by Crippen LogP contribution is -2.39. The number of piperidine rings is 1. The van der Waals surface area contributed by atoms with Crippen LogP contribution in [0.1, 0.15) is 51.9 Å². The molecule has 0 amide bonds. The molecular weight excluding hydrogens is 342 g/mol. The highest BCUT2D eigenvalue weighted by molar-refractivity contribution is 7.80. The van der Waals surface area contributed by atoms with Gasteiger partial charge in [0.05, 0.1) is 0 Å². The number of aromatic nitrogens is 2. The normalized spacial score (nSPS) is 22.2. The van der Waals surface area contributed by atoms with Gasteiger partial charge < -0.3 is 15.5 Å². The van der Waals surface area contributed by atoms with E-state index in [-0.39, 0.29) is 0 Å². The zero-order valence-electron chi connectivity index (χ0n) is 14.2. The molecule has 1 aliphatic heterocycles. The van der Waals surface area contributed by atoms with Crippen LogP contribution in [0, 0.1) is 5.92 Å². The molecule has 2 fully saturated rings. The Balaban J connectivity index is 1.63. The van der Waals surface area contributed by atoms with Gasteiger partial charge >= 0.3 is 0 Å². The van der Waals surface area contributed by atoms with Crippen molar-refractivity contribution in [3.63, 3.8) is 0 Å². The average molecular weight is 368 g/mol. The van der Waals surface area contributed by atoms with Crippen LogP contribution >= 0.6 is 23.8 Å². The molecule has 1 saturated heterocycles. The Kier molecular flexibility index (Phi) is 6.11. The summed E-state index contributed by atoms with van der Waals surface area (Å²) < 4.78 is 0. The summed E-state index contributed by atoms with van der Waals surface area (Å²) in [6.07, 6.45) is 8.68. The lowest BCUT2D eigenvalue weighted by atomic mass is 9.96. The van der Waals surface area contributed by atoms with Crippen molar-refractivity contribution >= 4 is 40.7 Å². The van der Waals surface area contributed by atoms with E-state index in [1.54, 1.807) is 0 Å². The van der Waals surface area contributed by atoms with E-state index in [4.69, 9.17) is 23.8 Å². The van der Waals surface area contributed by atoms with E-state index in [0.29, 0.717) is 28.2 Å². The Hall–Kier alpha value is -1.14. The SMILES string of the molecule is CC1CCCN(c2cc(Cl)nc(NC(=S)NC3CCCCC3)n2)C1. The van der Waals surface area contributed by atoms with Gasteiger partial charge in [0.2, 0.25) is 5.95 Å². The molecule has 1 aromatic heterocycles. The van der Waals surface area contributed by atoms with Gasteiger partial charge in [0.25, 0.3) is 0 Å². The predicted molar refractivity (Wildman–Crippen MR) is 104 cm³/mol. The van der Waals surface area contributed by atoms with Crippen LogP contribution in [0.4, 0.5) is 11.8 Å². The van der Waals surface area contributed by atoms with E-state index in [1.807, 2.05) is 6.07 Å². The summed E-state index contributed by atoms with van der Waals surface area (Å²) in [4.78, 5) is 11.2. The summed E-state index contributed by atoms with van der Waals surface area (Å²) in [5.74, 6) is 2.03. The summed E-state index contributed by atoms with van der Waals surface area (Å²) in [5.41, 5.74) is 0. The van der Waals surface area contributed by atoms with Gasteiger partial charge in [-0.1, -0.05) is 37.8 Å². The molecule has 0 radical (unpaired) electrons. The van der Waals surface area contributed by atoms with E-state index in [1.165, 1.54) is 44.9 Å². The maximum absolute atomic E-state index is 6.20. The molecule has 7 heteroatoms. The van der Waals surface area contributed by atoms with Crippen molar-refractivity contribution in [1.29, 1.82) is 0 Å². The molecule has 0 aromatic carbocycles. The molecule has 24 heavy (non-hydrogen) atoms. The van der Waals surface area contributed by atoms with Crippen molar-refractivity contribution in [3.8, 4) is 0 Å². The quantitative estimate of drug-likeness (QED) is 0.622. The van der Waals surface area contributed by atoms with Crippen LogP contribution in [0.15, 0.2) is 6.07 Å². The van der Waals surface area contributed by atoms with Gasteiger partial charge in [-0.05, 0) is 43.8 Å². The minimum absolute atomic E-state index is 0.446. The van der Waals surface area contributed by atoms with Gasteiger partial charge in [-0.3, -0.25) is 0 Å². The third kappa shape index (κ3) is 4.93. The first kappa shape index (κ1) is 17.7. The van der Waals surface area contributed by atoms with Gasteiger partial charge in [0.1, 0.15) is 11.0 Å². The largest absolute Gasteiger partial charge is 0.360 e. The van der Waals surface area contributed by atoms with E-state index in [2.05, 4.69) is 32.4 Å². The average Bonchev–Trinajstić information content (AvgIpc) is 2.55. The van der Waals surface area contributed by atoms with Gasteiger partial charge in [0.15, 0.2) is 5.11 Å². The number of nitrogens with zero attached hydrogens (tertiary/aromatic N) is 3. The van der Waals surface area contributed by atoms with Crippen LogP contribution in [0.25, 0.3) is 0 Å². The van der Waals surface area contributed by atoms with Crippen LogP contribution < -0.4 is 15.5 Å². The summed E-state index contributed by atoms with van der Waals surface area (Å²) in [6.45, 7) is 4.30. The lowest BCUT2D eigenvalue weighted by molar-refractivity contribution is 0.414. The monoisotopic (exact) mass is 367 g/mol. The third-order valence-corrected chi connectivity index (χ3v) is 5.24. The van der Waals surface area contributed by atoms with E-state index in [9.17, 15) is 0 Å². The Morgan fingerprint density at radius 1 is 1.21 bits per heavy atom. The predicted octanol–water partition coefficient (Wildman–Crippen LogP) is 3.99. The zero-order chi connectivity index (χ0) is 16.9. The Bertz CT molecular complexity index is 576. The first-order valence-corrected chi connectivity index (χ1v) is 9.76. The molecule has 3 rings (SSSR count). The molecule has 2 aliphatic rings. The fourth-order valence-electron chi connectivity index (χ4n) is 3.59. The van der Waals surface area contributed by atoms with E-state index >= 15 is 0 Å². The minimum Gasteiger partial charge on any atom is -0.360 e. The Labute approximate surface area is 154 Å². The number of hydrogen-bond donors (Lipinski definition) is 2. The molecule has 2 N–H and O–H groups in total. The molecule has 1 aromatic rings. The van der Waals surface area contributed by atoms with Gasteiger partial charge in [0, 0.05) is 25.2 Å². The van der Waals surface area contributed by atoms with E-state index in [0.717, 1.165) is 18.9 Å². The van der Waals surface area contributed by atoms with Crippen molar-refractivity contribution < 1.29 is 0 Å². The van der Waals surface area contributed by atoms with Crippen molar-refractivity contribution in [2.24, 2.45) is 5.92 Å². The molecule has 0 bridgehead atoms. The molecule has 0 spiro atoms. The van der Waals surface area contributed by atoms with Gasteiger partial charge in [-0.25, -0.2) is 4.98 Å². The Morgan fingerprint density at radius 2 is 2.00 bits per heavy atom. The molecule has 1 unspecified atom stereocenters. The summed E-state index contributed by atoms with van der Waals surface area (Å²) in [5, 5.41) is 7.52. The zero-order valence-corrected chi connectivity index (χ0v) is 15.8. The molecular formula is C17H26ClN5S. The first-order valence-electron chi connectivity index (χ1n) is 8.97. The fraction of sp³-hybridized carbons (Fsp3) is 0.706. The second-order valence-electron chi connectivity index (χ2n) is 7.00. The third-order valence-electron chi connectivity index (χ3n) is 4.83. The molecule has 1 saturated carbocycles. The topological polar surface area (TPSA) is 53.1 Å². The number of anilines is 2. The molecule has 5 nitrogen and oxygen atoms in total. The highest BCUT2D eigenvalue weighted by atomic mass is 35.5. The van der Waals surface area contributed by atoms with Crippen molar-refractivity contribution in [3.05, 3.63) is 11.2 Å². The van der Waals surface area contributed by atoms with Crippen LogP contribution in [0.2, 0.25) is 5.15 Å². The second-order valence-corrected chi connectivity index (χ2v) is 7.79.